The molecule has 0 spiro atoms. The highest BCUT2D eigenvalue weighted by Gasteiger charge is 2.15. The van der Waals surface area contributed by atoms with Gasteiger partial charge in [-0.05, 0) is 31.0 Å². The summed E-state index contributed by atoms with van der Waals surface area (Å²) in [5.74, 6) is 1.67. The van der Waals surface area contributed by atoms with Crippen LogP contribution in [0.4, 0.5) is 0 Å². The van der Waals surface area contributed by atoms with E-state index >= 15 is 0 Å². The average molecular weight is 222 g/mol. The molecule has 16 heavy (non-hydrogen) atoms. The van der Waals surface area contributed by atoms with Crippen LogP contribution in [0.15, 0.2) is 18.2 Å². The molecule has 1 aromatic carbocycles. The van der Waals surface area contributed by atoms with E-state index in [2.05, 4.69) is 13.0 Å². The van der Waals surface area contributed by atoms with Gasteiger partial charge in [0.25, 0.3) is 0 Å². The van der Waals surface area contributed by atoms with E-state index in [0.717, 1.165) is 30.1 Å². The highest BCUT2D eigenvalue weighted by Crippen LogP contribution is 2.34. The molecule has 88 valence electrons. The molecule has 1 aromatic rings. The molecule has 0 N–H and O–H groups in total. The standard InChI is InChI=1S/C13H18O3/c1-3-11(14-4-2)10-5-6-12-13(9-10)16-8-7-15-12/h5-6,9,11H,3-4,7-8H2,1-2H3. The van der Waals surface area contributed by atoms with Crippen LogP contribution in [-0.2, 0) is 4.74 Å². The highest BCUT2D eigenvalue weighted by molar-refractivity contribution is 5.44. The van der Waals surface area contributed by atoms with Crippen molar-refractivity contribution in [2.24, 2.45) is 0 Å². The molecule has 0 amide bonds. The van der Waals surface area contributed by atoms with Crippen LogP contribution >= 0.6 is 0 Å². The highest BCUT2D eigenvalue weighted by atomic mass is 16.6. The summed E-state index contributed by atoms with van der Waals surface area (Å²) in [6, 6.07) is 6.04. The Hall–Kier alpha value is -1.22. The van der Waals surface area contributed by atoms with E-state index in [-0.39, 0.29) is 6.10 Å². The van der Waals surface area contributed by atoms with Crippen molar-refractivity contribution in [3.05, 3.63) is 23.8 Å². The van der Waals surface area contributed by atoms with Crippen LogP contribution in [0, 0.1) is 0 Å². The van der Waals surface area contributed by atoms with Gasteiger partial charge in [-0.1, -0.05) is 13.0 Å². The maximum absolute atomic E-state index is 5.67. The van der Waals surface area contributed by atoms with Crippen LogP contribution in [0.5, 0.6) is 11.5 Å². The summed E-state index contributed by atoms with van der Waals surface area (Å²) in [7, 11) is 0. The molecule has 3 nitrogen and oxygen atoms in total. The molecular weight excluding hydrogens is 204 g/mol. The first kappa shape index (κ1) is 11.3. The predicted octanol–water partition coefficient (Wildman–Crippen LogP) is 2.95. The van der Waals surface area contributed by atoms with Crippen LogP contribution in [-0.4, -0.2) is 19.8 Å². The van der Waals surface area contributed by atoms with Gasteiger partial charge in [-0.2, -0.15) is 0 Å². The molecular formula is C13H18O3. The Balaban J connectivity index is 2.21. The van der Waals surface area contributed by atoms with Gasteiger partial charge < -0.3 is 14.2 Å². The van der Waals surface area contributed by atoms with Crippen molar-refractivity contribution in [2.45, 2.75) is 26.4 Å². The second kappa shape index (κ2) is 5.21. The monoisotopic (exact) mass is 222 g/mol. The Morgan fingerprint density at radius 3 is 2.62 bits per heavy atom. The summed E-state index contributed by atoms with van der Waals surface area (Å²) < 4.78 is 16.7. The topological polar surface area (TPSA) is 27.7 Å². The van der Waals surface area contributed by atoms with Crippen molar-refractivity contribution in [2.75, 3.05) is 19.8 Å². The molecule has 1 atom stereocenters. The normalized spacial score (nSPS) is 15.9. The number of hydrogen-bond acceptors (Lipinski definition) is 3. The first-order chi connectivity index (χ1) is 7.85. The lowest BCUT2D eigenvalue weighted by Crippen LogP contribution is -2.15. The number of ether oxygens (including phenoxy) is 3. The van der Waals surface area contributed by atoms with E-state index < -0.39 is 0 Å². The summed E-state index contributed by atoms with van der Waals surface area (Å²) in [5, 5.41) is 0. The van der Waals surface area contributed by atoms with Crippen molar-refractivity contribution in [3.8, 4) is 11.5 Å². The van der Waals surface area contributed by atoms with Gasteiger partial charge in [-0.25, -0.2) is 0 Å². The Morgan fingerprint density at radius 1 is 1.19 bits per heavy atom. The second-order valence-corrected chi connectivity index (χ2v) is 3.76. The molecule has 1 unspecified atom stereocenters. The molecule has 0 fully saturated rings. The largest absolute Gasteiger partial charge is 0.486 e. The fourth-order valence-corrected chi connectivity index (χ4v) is 1.91. The molecule has 1 heterocycles. The Kier molecular flexibility index (Phi) is 3.67. The van der Waals surface area contributed by atoms with Crippen LogP contribution in [0.3, 0.4) is 0 Å². The summed E-state index contributed by atoms with van der Waals surface area (Å²) in [5.41, 5.74) is 1.16. The number of hydrogen-bond donors (Lipinski definition) is 0. The van der Waals surface area contributed by atoms with Gasteiger partial charge in [0.05, 0.1) is 6.10 Å². The van der Waals surface area contributed by atoms with Gasteiger partial charge in [0.1, 0.15) is 13.2 Å². The van der Waals surface area contributed by atoms with Crippen LogP contribution in [0.1, 0.15) is 31.9 Å². The first-order valence-electron chi connectivity index (χ1n) is 5.86. The van der Waals surface area contributed by atoms with Crippen LogP contribution in [0.25, 0.3) is 0 Å². The summed E-state index contributed by atoms with van der Waals surface area (Å²) in [4.78, 5) is 0. The van der Waals surface area contributed by atoms with Gasteiger partial charge in [-0.15, -0.1) is 0 Å². The lowest BCUT2D eigenvalue weighted by molar-refractivity contribution is 0.0593. The summed E-state index contributed by atoms with van der Waals surface area (Å²) in [6.07, 6.45) is 1.12. The third-order valence-corrected chi connectivity index (χ3v) is 2.68. The van der Waals surface area contributed by atoms with Gasteiger partial charge in [-0.3, -0.25) is 0 Å². The first-order valence-corrected chi connectivity index (χ1v) is 5.86. The minimum atomic E-state index is 0.154. The lowest BCUT2D eigenvalue weighted by Gasteiger charge is -2.21. The molecule has 0 saturated heterocycles. The number of rotatable bonds is 4. The van der Waals surface area contributed by atoms with Crippen LogP contribution in [0.2, 0.25) is 0 Å². The van der Waals surface area contributed by atoms with E-state index in [9.17, 15) is 0 Å². The third kappa shape index (κ3) is 2.30. The van der Waals surface area contributed by atoms with Crippen molar-refractivity contribution in [3.63, 3.8) is 0 Å². The molecule has 0 radical (unpaired) electrons. The van der Waals surface area contributed by atoms with Crippen molar-refractivity contribution < 1.29 is 14.2 Å². The maximum Gasteiger partial charge on any atom is 0.161 e. The van der Waals surface area contributed by atoms with E-state index in [1.54, 1.807) is 0 Å². The number of fused-ring (bicyclic) bond motifs is 1. The smallest absolute Gasteiger partial charge is 0.161 e. The second-order valence-electron chi connectivity index (χ2n) is 3.76. The average Bonchev–Trinajstić information content (AvgIpc) is 2.35. The zero-order chi connectivity index (χ0) is 11.4. The minimum Gasteiger partial charge on any atom is -0.486 e. The molecule has 0 bridgehead atoms. The maximum atomic E-state index is 5.67. The molecule has 2 rings (SSSR count). The fourth-order valence-electron chi connectivity index (χ4n) is 1.91. The fraction of sp³-hybridized carbons (Fsp3) is 0.538. The van der Waals surface area contributed by atoms with Crippen molar-refractivity contribution in [1.82, 2.24) is 0 Å². The van der Waals surface area contributed by atoms with E-state index in [4.69, 9.17) is 14.2 Å². The molecule has 0 aromatic heterocycles. The van der Waals surface area contributed by atoms with Gasteiger partial charge in [0.2, 0.25) is 0 Å². The van der Waals surface area contributed by atoms with Crippen molar-refractivity contribution >= 4 is 0 Å². The van der Waals surface area contributed by atoms with E-state index in [1.165, 1.54) is 0 Å². The quantitative estimate of drug-likeness (QED) is 0.784. The van der Waals surface area contributed by atoms with E-state index in [1.807, 2.05) is 19.1 Å². The van der Waals surface area contributed by atoms with Gasteiger partial charge in [0.15, 0.2) is 11.5 Å². The Morgan fingerprint density at radius 2 is 1.94 bits per heavy atom. The zero-order valence-electron chi connectivity index (χ0n) is 9.86. The summed E-state index contributed by atoms with van der Waals surface area (Å²) >= 11 is 0. The molecule has 0 saturated carbocycles. The Labute approximate surface area is 96.3 Å². The minimum absolute atomic E-state index is 0.154. The molecule has 1 aliphatic heterocycles. The van der Waals surface area contributed by atoms with Crippen LogP contribution < -0.4 is 9.47 Å². The van der Waals surface area contributed by atoms with Gasteiger partial charge in [0, 0.05) is 6.61 Å². The summed E-state index contributed by atoms with van der Waals surface area (Å²) in [6.45, 7) is 6.13. The van der Waals surface area contributed by atoms with Gasteiger partial charge >= 0.3 is 0 Å². The molecule has 0 aliphatic carbocycles. The number of benzene rings is 1. The predicted molar refractivity (Wildman–Crippen MR) is 62.1 cm³/mol. The molecule has 1 aliphatic rings. The zero-order valence-corrected chi connectivity index (χ0v) is 9.86. The molecule has 3 heteroatoms. The van der Waals surface area contributed by atoms with E-state index in [0.29, 0.717) is 13.2 Å². The van der Waals surface area contributed by atoms with Crippen molar-refractivity contribution in [1.29, 1.82) is 0 Å². The third-order valence-electron chi connectivity index (χ3n) is 2.68. The lowest BCUT2D eigenvalue weighted by atomic mass is 10.1. The SMILES string of the molecule is CCOC(CC)c1ccc2c(c1)OCCO2. The Bertz CT molecular complexity index is 349.